The highest BCUT2D eigenvalue weighted by Crippen LogP contribution is 2.37. The largest absolute Gasteiger partial charge is 0.481 e. The van der Waals surface area contributed by atoms with Crippen molar-refractivity contribution in [2.75, 3.05) is 32.1 Å². The fourth-order valence-electron chi connectivity index (χ4n) is 4.34. The lowest BCUT2D eigenvalue weighted by Gasteiger charge is -2.36. The van der Waals surface area contributed by atoms with Crippen LogP contribution in [0.25, 0.3) is 5.65 Å². The van der Waals surface area contributed by atoms with E-state index in [0.29, 0.717) is 30.1 Å². The summed E-state index contributed by atoms with van der Waals surface area (Å²) in [6.07, 6.45) is 2.40. The number of hydrogen-bond donors (Lipinski definition) is 0. The van der Waals surface area contributed by atoms with Gasteiger partial charge in [-0.15, -0.1) is 0 Å². The molecule has 0 N–H and O–H groups in total. The first-order valence-corrected chi connectivity index (χ1v) is 11.8. The molecule has 1 aliphatic heterocycles. The van der Waals surface area contributed by atoms with E-state index in [1.54, 1.807) is 29.2 Å². The number of carbonyl (C=O) groups is 1. The van der Waals surface area contributed by atoms with Crippen LogP contribution in [-0.2, 0) is 11.2 Å². The molecule has 0 aliphatic carbocycles. The van der Waals surface area contributed by atoms with Crippen LogP contribution in [0.5, 0.6) is 5.75 Å². The van der Waals surface area contributed by atoms with Gasteiger partial charge >= 0.3 is 0 Å². The summed E-state index contributed by atoms with van der Waals surface area (Å²) in [5.74, 6) is 0.163. The van der Waals surface area contributed by atoms with Crippen LogP contribution in [0, 0.1) is 5.82 Å². The number of fused-ring (bicyclic) bond motifs is 3. The lowest BCUT2D eigenvalue weighted by molar-refractivity contribution is -0.135. The molecule has 0 fully saturated rings. The molecule has 0 saturated carbocycles. The third-order valence-corrected chi connectivity index (χ3v) is 6.50. The zero-order valence-corrected chi connectivity index (χ0v) is 20.6. The van der Waals surface area contributed by atoms with Gasteiger partial charge in [0.15, 0.2) is 17.5 Å². The zero-order chi connectivity index (χ0) is 24.7. The number of imidazole rings is 1. The SMILES string of the molecule is CN(C)c1ccc(OCC(=O)N2CCc3nc4ccccn4c3C2c2ccc(Cl)cc2F)c(Cl)n1. The first-order valence-electron chi connectivity index (χ1n) is 11.0. The Bertz CT molecular complexity index is 1420. The van der Waals surface area contributed by atoms with Crippen molar-refractivity contribution in [2.45, 2.75) is 12.5 Å². The van der Waals surface area contributed by atoms with Gasteiger partial charge in [0.25, 0.3) is 5.91 Å². The number of aromatic nitrogens is 3. The first-order chi connectivity index (χ1) is 16.8. The Morgan fingerprint density at radius 3 is 2.74 bits per heavy atom. The number of benzene rings is 1. The van der Waals surface area contributed by atoms with E-state index in [-0.39, 0.29) is 22.7 Å². The average Bonchev–Trinajstić information content (AvgIpc) is 3.21. The van der Waals surface area contributed by atoms with Crippen LogP contribution in [0.15, 0.2) is 54.7 Å². The summed E-state index contributed by atoms with van der Waals surface area (Å²) in [4.78, 5) is 25.9. The molecule has 0 radical (unpaired) electrons. The molecule has 180 valence electrons. The Kier molecular flexibility index (Phi) is 6.25. The quantitative estimate of drug-likeness (QED) is 0.359. The summed E-state index contributed by atoms with van der Waals surface area (Å²) in [5.41, 5.74) is 2.65. The van der Waals surface area contributed by atoms with Crippen molar-refractivity contribution in [2.24, 2.45) is 0 Å². The Morgan fingerprint density at radius 1 is 1.17 bits per heavy atom. The van der Waals surface area contributed by atoms with Gasteiger partial charge in [-0.1, -0.05) is 35.3 Å². The van der Waals surface area contributed by atoms with Gasteiger partial charge in [0.1, 0.15) is 23.3 Å². The molecule has 4 heterocycles. The topological polar surface area (TPSA) is 63.0 Å². The van der Waals surface area contributed by atoms with Gasteiger partial charge in [0.05, 0.1) is 11.4 Å². The number of nitrogens with zero attached hydrogens (tertiary/aromatic N) is 5. The minimum Gasteiger partial charge on any atom is -0.481 e. The monoisotopic (exact) mass is 513 g/mol. The number of amides is 1. The summed E-state index contributed by atoms with van der Waals surface area (Å²) < 4.78 is 22.8. The highest BCUT2D eigenvalue weighted by Gasteiger charge is 2.37. The Balaban J connectivity index is 1.49. The molecule has 35 heavy (non-hydrogen) atoms. The minimum atomic E-state index is -0.700. The van der Waals surface area contributed by atoms with Crippen LogP contribution in [0.4, 0.5) is 10.2 Å². The fourth-order valence-corrected chi connectivity index (χ4v) is 4.70. The molecule has 5 rings (SSSR count). The molecule has 0 bridgehead atoms. The van der Waals surface area contributed by atoms with Gasteiger partial charge in [-0.3, -0.25) is 4.79 Å². The van der Waals surface area contributed by atoms with Crippen LogP contribution in [0.1, 0.15) is 23.0 Å². The van der Waals surface area contributed by atoms with Gasteiger partial charge in [0.2, 0.25) is 0 Å². The zero-order valence-electron chi connectivity index (χ0n) is 19.1. The molecule has 1 unspecified atom stereocenters. The number of carbonyl (C=O) groups excluding carboxylic acids is 1. The molecule has 1 aliphatic rings. The van der Waals surface area contributed by atoms with Crippen molar-refractivity contribution >= 4 is 40.6 Å². The Hall–Kier alpha value is -3.36. The number of anilines is 1. The van der Waals surface area contributed by atoms with Gasteiger partial charge in [-0.25, -0.2) is 14.4 Å². The maximum Gasteiger partial charge on any atom is 0.261 e. The molecule has 4 aromatic rings. The summed E-state index contributed by atoms with van der Waals surface area (Å²) in [7, 11) is 3.70. The highest BCUT2D eigenvalue weighted by molar-refractivity contribution is 6.31. The van der Waals surface area contributed by atoms with Crippen molar-refractivity contribution < 1.29 is 13.9 Å². The molecule has 7 nitrogen and oxygen atoms in total. The van der Waals surface area contributed by atoms with Crippen LogP contribution in [0.2, 0.25) is 10.2 Å². The van der Waals surface area contributed by atoms with Gasteiger partial charge in [-0.2, -0.15) is 0 Å². The lowest BCUT2D eigenvalue weighted by atomic mass is 9.95. The number of hydrogen-bond acceptors (Lipinski definition) is 5. The third-order valence-electron chi connectivity index (χ3n) is 5.99. The van der Waals surface area contributed by atoms with E-state index in [9.17, 15) is 4.79 Å². The molecule has 1 atom stereocenters. The van der Waals surface area contributed by atoms with Crippen LogP contribution >= 0.6 is 23.2 Å². The van der Waals surface area contributed by atoms with Gasteiger partial charge in [-0.05, 0) is 36.4 Å². The summed E-state index contributed by atoms with van der Waals surface area (Å²) >= 11 is 12.3. The summed E-state index contributed by atoms with van der Waals surface area (Å²) in [6, 6.07) is 12.9. The van der Waals surface area contributed by atoms with Crippen molar-refractivity contribution in [3.8, 4) is 5.75 Å². The standard InChI is InChI=1S/C25H22Cl2FN5O2/c1-31(2)20-9-8-19(25(27)30-20)35-14-22(34)33-12-10-18-24(32-11-4-3-5-21(32)29-18)23(33)16-7-6-15(26)13-17(16)28/h3-9,11,13,23H,10,12,14H2,1-2H3. The summed E-state index contributed by atoms with van der Waals surface area (Å²) in [5, 5.41) is 0.442. The molecular weight excluding hydrogens is 492 g/mol. The number of halogens is 3. The predicted octanol–water partition coefficient (Wildman–Crippen LogP) is 4.79. The van der Waals surface area contributed by atoms with Crippen molar-refractivity contribution in [3.05, 3.63) is 87.7 Å². The maximum atomic E-state index is 15.2. The van der Waals surface area contributed by atoms with E-state index in [4.69, 9.17) is 32.9 Å². The second-order valence-corrected chi connectivity index (χ2v) is 9.21. The van der Waals surface area contributed by atoms with Crippen LogP contribution in [0.3, 0.4) is 0 Å². The van der Waals surface area contributed by atoms with E-state index in [0.717, 1.165) is 17.0 Å². The molecule has 1 amide bonds. The number of rotatable bonds is 5. The third kappa shape index (κ3) is 4.39. The van der Waals surface area contributed by atoms with Crippen molar-refractivity contribution in [3.63, 3.8) is 0 Å². The van der Waals surface area contributed by atoms with E-state index in [2.05, 4.69) is 4.98 Å². The number of ether oxygens (including phenoxy) is 1. The smallest absolute Gasteiger partial charge is 0.261 e. The van der Waals surface area contributed by atoms with Gasteiger partial charge < -0.3 is 18.9 Å². The van der Waals surface area contributed by atoms with Crippen molar-refractivity contribution in [1.29, 1.82) is 0 Å². The predicted molar refractivity (Wildman–Crippen MR) is 133 cm³/mol. The molecular formula is C25H22Cl2FN5O2. The number of pyridine rings is 2. The van der Waals surface area contributed by atoms with E-state index in [1.807, 2.05) is 47.8 Å². The van der Waals surface area contributed by atoms with Crippen LogP contribution < -0.4 is 9.64 Å². The molecule has 0 saturated heterocycles. The fraction of sp³-hybridized carbons (Fsp3) is 0.240. The molecule has 1 aromatic carbocycles. The second-order valence-electron chi connectivity index (χ2n) is 8.42. The average molecular weight is 514 g/mol. The Labute approximate surface area is 211 Å². The highest BCUT2D eigenvalue weighted by atomic mass is 35.5. The second kappa shape index (κ2) is 9.36. The summed E-state index contributed by atoms with van der Waals surface area (Å²) in [6.45, 7) is 0.0812. The first kappa shape index (κ1) is 23.4. The maximum absolute atomic E-state index is 15.2. The van der Waals surface area contributed by atoms with E-state index >= 15 is 4.39 Å². The molecule has 0 spiro atoms. The van der Waals surface area contributed by atoms with Gasteiger partial charge in [0, 0.05) is 43.8 Å². The minimum absolute atomic E-state index is 0.159. The normalized spacial score (nSPS) is 15.2. The van der Waals surface area contributed by atoms with E-state index < -0.39 is 11.9 Å². The molecule has 3 aromatic heterocycles. The molecule has 10 heteroatoms. The Morgan fingerprint density at radius 2 is 2.00 bits per heavy atom. The lowest BCUT2D eigenvalue weighted by Crippen LogP contribution is -2.43. The van der Waals surface area contributed by atoms with Crippen LogP contribution in [-0.4, -0.2) is 52.4 Å². The van der Waals surface area contributed by atoms with Crippen molar-refractivity contribution in [1.82, 2.24) is 19.3 Å². The van der Waals surface area contributed by atoms with E-state index in [1.165, 1.54) is 6.07 Å².